The first-order valence-electron chi connectivity index (χ1n) is 17.2. The summed E-state index contributed by atoms with van der Waals surface area (Å²) in [6.07, 6.45) is 3.43. The first-order chi connectivity index (χ1) is 23.4. The first-order valence-corrected chi connectivity index (χ1v) is 17.2. The number of amides is 2. The van der Waals surface area contributed by atoms with Crippen LogP contribution in [0.15, 0.2) is 60.9 Å². The number of hydrogen-bond donors (Lipinski definition) is 8. The van der Waals surface area contributed by atoms with E-state index >= 15 is 0 Å². The van der Waals surface area contributed by atoms with Crippen LogP contribution in [0.5, 0.6) is 0 Å². The number of benzene rings is 2. The highest BCUT2D eigenvalue weighted by Gasteiger charge is 2.56. The van der Waals surface area contributed by atoms with Gasteiger partial charge in [0.05, 0.1) is 46.7 Å². The number of nitrogens with two attached hydrogens (primary N) is 2. The normalized spacial score (nSPS) is 18.8. The van der Waals surface area contributed by atoms with Gasteiger partial charge >= 0.3 is 0 Å². The molecule has 2 fully saturated rings. The number of carbonyl (C=O) groups excluding carboxylic acids is 2. The van der Waals surface area contributed by atoms with Crippen LogP contribution in [0.4, 0.5) is 0 Å². The Morgan fingerprint density at radius 3 is 1.20 bits per heavy atom. The Kier molecular flexibility index (Phi) is 9.05. The van der Waals surface area contributed by atoms with Crippen LogP contribution >= 0.6 is 0 Å². The molecule has 12 heteroatoms. The molecule has 0 aliphatic heterocycles. The Balaban J connectivity index is 1.14. The van der Waals surface area contributed by atoms with Crippen molar-refractivity contribution in [1.29, 1.82) is 0 Å². The van der Waals surface area contributed by atoms with Gasteiger partial charge in [-0.1, -0.05) is 90.1 Å². The molecule has 2 aromatic heterocycles. The smallest absolute Gasteiger partial charge is 0.230 e. The van der Waals surface area contributed by atoms with Crippen LogP contribution in [-0.2, 0) is 9.59 Å². The fourth-order valence-corrected chi connectivity index (χ4v) is 6.47. The Morgan fingerprint density at radius 2 is 0.940 bits per heavy atom. The monoisotopic (exact) mass is 682 g/mol. The molecule has 266 valence electrons. The maximum absolute atomic E-state index is 13.1. The van der Waals surface area contributed by atoms with E-state index in [0.29, 0.717) is 37.3 Å². The van der Waals surface area contributed by atoms with Gasteiger partial charge in [0.25, 0.3) is 0 Å². The van der Waals surface area contributed by atoms with Gasteiger partial charge in [-0.25, -0.2) is 9.97 Å². The van der Waals surface area contributed by atoms with E-state index in [1.54, 1.807) is 12.4 Å². The van der Waals surface area contributed by atoms with Gasteiger partial charge in [-0.2, -0.15) is 0 Å². The van der Waals surface area contributed by atoms with E-state index in [1.807, 2.05) is 65.8 Å². The molecule has 2 aromatic carbocycles. The summed E-state index contributed by atoms with van der Waals surface area (Å²) in [4.78, 5) is 42.2. The van der Waals surface area contributed by atoms with Crippen LogP contribution in [0.3, 0.4) is 0 Å². The quantitative estimate of drug-likeness (QED) is 0.104. The predicted octanol–water partition coefficient (Wildman–Crippen LogP) is 4.66. The fraction of sp³-hybridized carbons (Fsp3) is 0.474. The van der Waals surface area contributed by atoms with Gasteiger partial charge in [0.1, 0.15) is 24.1 Å². The molecule has 2 unspecified atom stereocenters. The number of aromatic amines is 2. The highest BCUT2D eigenvalue weighted by atomic mass is 16.3. The van der Waals surface area contributed by atoms with E-state index in [4.69, 9.17) is 11.5 Å². The summed E-state index contributed by atoms with van der Waals surface area (Å²) in [5, 5.41) is 26.2. The Bertz CT molecular complexity index is 1700. The molecule has 50 heavy (non-hydrogen) atoms. The second kappa shape index (κ2) is 12.8. The zero-order valence-electron chi connectivity index (χ0n) is 29.7. The van der Waals surface area contributed by atoms with Crippen molar-refractivity contribution in [3.63, 3.8) is 0 Å². The first kappa shape index (κ1) is 35.5. The number of rotatable bonds is 11. The van der Waals surface area contributed by atoms with E-state index in [0.717, 1.165) is 33.6 Å². The van der Waals surface area contributed by atoms with Crippen molar-refractivity contribution in [2.75, 3.05) is 0 Å². The minimum atomic E-state index is -1.19. The van der Waals surface area contributed by atoms with Crippen LogP contribution in [0.25, 0.3) is 33.6 Å². The van der Waals surface area contributed by atoms with Gasteiger partial charge in [-0.3, -0.25) is 9.59 Å². The molecule has 12 nitrogen and oxygen atoms in total. The average Bonchev–Trinajstić information content (AvgIpc) is 3.95. The van der Waals surface area contributed by atoms with Crippen molar-refractivity contribution in [1.82, 2.24) is 30.6 Å². The van der Waals surface area contributed by atoms with Gasteiger partial charge in [-0.15, -0.1) is 0 Å². The van der Waals surface area contributed by atoms with Crippen molar-refractivity contribution in [3.8, 4) is 33.6 Å². The van der Waals surface area contributed by atoms with Gasteiger partial charge in [0, 0.05) is 0 Å². The molecular weight excluding hydrogens is 632 g/mol. The van der Waals surface area contributed by atoms with E-state index in [1.165, 1.54) is 0 Å². The Labute approximate surface area is 292 Å². The van der Waals surface area contributed by atoms with Crippen molar-refractivity contribution in [2.24, 2.45) is 33.1 Å². The maximum atomic E-state index is 13.1. The second-order valence-electron chi connectivity index (χ2n) is 16.3. The molecule has 10 N–H and O–H groups in total. The molecular formula is C38H50N8O4. The minimum Gasteiger partial charge on any atom is -0.378 e. The number of carbonyl (C=O) groups is 2. The number of aliphatic hydroxyl groups is 2. The number of nitrogens with zero attached hydrogens (tertiary/aromatic N) is 2. The summed E-state index contributed by atoms with van der Waals surface area (Å²) < 4.78 is 0. The van der Waals surface area contributed by atoms with Crippen molar-refractivity contribution in [2.45, 2.75) is 91.8 Å². The predicted molar refractivity (Wildman–Crippen MR) is 191 cm³/mol. The molecule has 0 bridgehead atoms. The van der Waals surface area contributed by atoms with Crippen LogP contribution in [0.1, 0.15) is 91.0 Å². The van der Waals surface area contributed by atoms with Crippen LogP contribution in [0, 0.1) is 21.7 Å². The van der Waals surface area contributed by atoms with Gasteiger partial charge in [0.15, 0.2) is 0 Å². The highest BCUT2D eigenvalue weighted by molar-refractivity contribution is 5.87. The lowest BCUT2D eigenvalue weighted by atomic mass is 9.85. The highest BCUT2D eigenvalue weighted by Crippen LogP contribution is 2.49. The third-order valence-corrected chi connectivity index (χ3v) is 10.4. The third-order valence-electron chi connectivity index (χ3n) is 10.4. The third kappa shape index (κ3) is 6.85. The van der Waals surface area contributed by atoms with Crippen molar-refractivity contribution < 1.29 is 19.8 Å². The number of imidazole rings is 2. The lowest BCUT2D eigenvalue weighted by molar-refractivity contribution is -0.133. The summed E-state index contributed by atoms with van der Waals surface area (Å²) in [6.45, 7) is 12.2. The number of aliphatic hydroxyl groups excluding tert-OH is 2. The van der Waals surface area contributed by atoms with E-state index in [-0.39, 0.29) is 22.6 Å². The molecule has 6 rings (SSSR count). The summed E-state index contributed by atoms with van der Waals surface area (Å²) >= 11 is 0. The zero-order valence-corrected chi connectivity index (χ0v) is 29.7. The minimum absolute atomic E-state index is 0.248. The molecule has 2 aliphatic carbocycles. The van der Waals surface area contributed by atoms with E-state index in [2.05, 4.69) is 54.8 Å². The second-order valence-corrected chi connectivity index (χ2v) is 16.3. The zero-order chi connectivity index (χ0) is 36.2. The summed E-state index contributed by atoms with van der Waals surface area (Å²) in [7, 11) is 0. The Morgan fingerprint density at radius 1 is 0.640 bits per heavy atom. The maximum Gasteiger partial charge on any atom is 0.230 e. The molecule has 4 atom stereocenters. The number of aromatic nitrogens is 4. The van der Waals surface area contributed by atoms with Gasteiger partial charge in [-0.05, 0) is 58.8 Å². The molecule has 2 heterocycles. The standard InChI is InChI=1S/C38H50N8O4/c1-35(2,3)27(45-33(49)37(15-16-37)31(39)47)29-41-19-25(43-29)23-11-7-21(8-12-23)22-9-13-24(14-10-22)26-20-42-30(44-26)28(36(4,5)6)46-34(50)38(17-18-38)32(40)48/h7-14,19-20,27-28,31-32,47-48H,15-18,39-40H2,1-6H3,(H,41,43)(H,42,44)(H,45,49)(H,46,50)/t27-,28-,31?,32?/m1/s1. The topological polar surface area (TPSA) is 208 Å². The molecule has 0 radical (unpaired) electrons. The molecule has 0 saturated heterocycles. The van der Waals surface area contributed by atoms with Crippen molar-refractivity contribution >= 4 is 11.8 Å². The number of H-pyrrole nitrogens is 2. The summed E-state index contributed by atoms with van der Waals surface area (Å²) in [6, 6.07) is 15.6. The molecule has 4 aromatic rings. The molecule has 2 amide bonds. The van der Waals surface area contributed by atoms with Gasteiger partial charge < -0.3 is 42.3 Å². The molecule has 0 spiro atoms. The average molecular weight is 683 g/mol. The molecule has 2 saturated carbocycles. The van der Waals surface area contributed by atoms with Gasteiger partial charge in [0.2, 0.25) is 11.8 Å². The summed E-state index contributed by atoms with van der Waals surface area (Å²) in [5.41, 5.74) is 14.6. The lowest BCUT2D eigenvalue weighted by Gasteiger charge is -2.32. The van der Waals surface area contributed by atoms with E-state index in [9.17, 15) is 19.8 Å². The van der Waals surface area contributed by atoms with E-state index < -0.39 is 35.4 Å². The Hall–Kier alpha value is -4.36. The van der Waals surface area contributed by atoms with Crippen LogP contribution in [0.2, 0.25) is 0 Å². The van der Waals surface area contributed by atoms with Crippen molar-refractivity contribution in [3.05, 3.63) is 72.6 Å². The van der Waals surface area contributed by atoms with Crippen LogP contribution in [-0.4, -0.2) is 54.4 Å². The fourth-order valence-electron chi connectivity index (χ4n) is 6.47. The number of hydrogen-bond acceptors (Lipinski definition) is 8. The SMILES string of the molecule is CC(C)(C)[C@H](NC(=O)C1(C(N)O)CC1)c1ncc(-c2ccc(-c3ccc(-c4cnc([C@@H](NC(=O)C5(C(N)O)CC5)C(C)(C)C)[nH]4)cc3)cc2)[nH]1. The lowest BCUT2D eigenvalue weighted by Crippen LogP contribution is -2.47. The summed E-state index contributed by atoms with van der Waals surface area (Å²) in [5.74, 6) is 0.786. The number of nitrogens with one attached hydrogen (secondary N) is 4. The molecule has 2 aliphatic rings. The largest absolute Gasteiger partial charge is 0.378 e. The van der Waals surface area contributed by atoms with Crippen LogP contribution < -0.4 is 22.1 Å².